The van der Waals surface area contributed by atoms with Gasteiger partial charge in [-0.3, -0.25) is 24.0 Å². The Morgan fingerprint density at radius 2 is 1.58 bits per heavy atom. The van der Waals surface area contributed by atoms with Gasteiger partial charge in [0.15, 0.2) is 23.2 Å². The van der Waals surface area contributed by atoms with E-state index < -0.39 is 41.5 Å². The van der Waals surface area contributed by atoms with Crippen LogP contribution in [0.3, 0.4) is 0 Å². The molecule has 0 aliphatic carbocycles. The quantitative estimate of drug-likeness (QED) is 0.0552. The first-order valence-corrected chi connectivity index (χ1v) is 23.1. The summed E-state index contributed by atoms with van der Waals surface area (Å²) in [5, 5.41) is 12.1. The minimum absolute atomic E-state index is 0.0335. The highest BCUT2D eigenvalue weighted by molar-refractivity contribution is 6.00. The third kappa shape index (κ3) is 13.8. The maximum absolute atomic E-state index is 14.8. The lowest BCUT2D eigenvalue weighted by molar-refractivity contribution is -0.142. The van der Waals surface area contributed by atoms with E-state index in [0.717, 1.165) is 30.6 Å². The molecule has 16 heteroatoms. The van der Waals surface area contributed by atoms with Gasteiger partial charge in [-0.1, -0.05) is 38.8 Å². The highest BCUT2D eigenvalue weighted by atomic mass is 16.5. The fourth-order valence-electron chi connectivity index (χ4n) is 8.10. The Kier molecular flexibility index (Phi) is 19.5. The average molecular weight is 917 g/mol. The van der Waals surface area contributed by atoms with E-state index in [1.165, 1.54) is 18.1 Å². The minimum Gasteiger partial charge on any atom is -0.494 e. The van der Waals surface area contributed by atoms with Crippen LogP contribution in [0.2, 0.25) is 0 Å². The first-order chi connectivity index (χ1) is 32.3. The van der Waals surface area contributed by atoms with Gasteiger partial charge in [-0.05, 0) is 92.4 Å². The molecule has 1 aromatic heterocycles. The van der Waals surface area contributed by atoms with Gasteiger partial charge in [0.25, 0.3) is 0 Å². The number of Topliss-reactive ketones (excluding diaryl/α,β-unsaturated/α-hetero) is 3. The number of amides is 2. The fraction of sp³-hybridized carbons (Fsp3) is 0.451. The molecule has 16 nitrogen and oxygen atoms in total. The highest BCUT2D eigenvalue weighted by Crippen LogP contribution is 2.41. The molecule has 4 bridgehead atoms. The van der Waals surface area contributed by atoms with Crippen LogP contribution in [0.4, 0.5) is 0 Å². The Bertz CT molecular complexity index is 2400. The van der Waals surface area contributed by atoms with Crippen molar-refractivity contribution in [2.75, 3.05) is 46.5 Å². The number of carbonyl (C=O) groups is 5. The molecule has 0 fully saturated rings. The van der Waals surface area contributed by atoms with Crippen molar-refractivity contribution in [3.8, 4) is 45.8 Å². The van der Waals surface area contributed by atoms with E-state index >= 15 is 0 Å². The number of carbonyl (C=O) groups excluding carboxylic acids is 5. The van der Waals surface area contributed by atoms with Crippen LogP contribution in [-0.2, 0) is 25.6 Å². The van der Waals surface area contributed by atoms with Crippen molar-refractivity contribution in [1.82, 2.24) is 20.2 Å². The van der Waals surface area contributed by atoms with E-state index in [0.29, 0.717) is 51.9 Å². The zero-order valence-electron chi connectivity index (χ0n) is 39.1. The van der Waals surface area contributed by atoms with Crippen LogP contribution in [0, 0.1) is 30.1 Å². The van der Waals surface area contributed by atoms with Gasteiger partial charge in [-0.2, -0.15) is 5.26 Å². The molecule has 2 amide bonds. The molecule has 4 atom stereocenters. The van der Waals surface area contributed by atoms with Gasteiger partial charge < -0.3 is 41.6 Å². The summed E-state index contributed by atoms with van der Waals surface area (Å²) in [7, 11) is 1.50. The number of nitrogens with two attached hydrogens (primary N) is 3. The SMILES string of the molecule is CCCCCOc1ccc(-c2ncc(C(=O)C[C@@H](CCN)C(=O)N(C)[C@@H]3C(=O)C[C@@H](C)C(=O)N[C@H](C(=O)CCC#N)Cc4ccc(OCCN)c(c4)-c4cc3ccc4OCCN)c(C)n2)cc1. The van der Waals surface area contributed by atoms with Crippen LogP contribution in [0.1, 0.15) is 98.4 Å². The summed E-state index contributed by atoms with van der Waals surface area (Å²) in [4.78, 5) is 81.3. The number of nitrogens with one attached hydrogen (secondary N) is 1. The van der Waals surface area contributed by atoms with Gasteiger partial charge in [0.2, 0.25) is 11.8 Å². The van der Waals surface area contributed by atoms with Crippen LogP contribution in [0.5, 0.6) is 17.2 Å². The van der Waals surface area contributed by atoms with Gasteiger partial charge in [0.05, 0.1) is 30.0 Å². The van der Waals surface area contributed by atoms with Crippen LogP contribution >= 0.6 is 0 Å². The van der Waals surface area contributed by atoms with Crippen molar-refractivity contribution < 1.29 is 38.2 Å². The number of unbranched alkanes of at least 4 members (excludes halogenated alkanes) is 2. The Morgan fingerprint density at radius 3 is 2.22 bits per heavy atom. The summed E-state index contributed by atoms with van der Waals surface area (Å²) in [6.45, 7) is 6.90. The van der Waals surface area contributed by atoms with Crippen LogP contribution < -0.4 is 36.7 Å². The average Bonchev–Trinajstić information content (AvgIpc) is 3.32. The minimum atomic E-state index is -1.24. The third-order valence-electron chi connectivity index (χ3n) is 11.7. The van der Waals surface area contributed by atoms with E-state index in [2.05, 4.69) is 22.2 Å². The number of nitrogens with zero attached hydrogens (tertiary/aromatic N) is 4. The number of likely N-dealkylation sites (N-methyl/N-ethyl adjacent to an activating group) is 1. The van der Waals surface area contributed by atoms with Crippen molar-refractivity contribution in [3.05, 3.63) is 89.2 Å². The third-order valence-corrected chi connectivity index (χ3v) is 11.7. The number of aryl methyl sites for hydroxylation is 1. The standard InChI is InChI=1S/C51H64N8O8/c1-5-6-7-23-65-38-14-11-35(12-15-38)49-56-31-41(33(3)57-49)44(61)30-37(18-20-53)51(64)59(4)48-36-13-17-47(67-25-22-55)40(29-36)39-27-34(10-16-46(39)66-24-21-54)28-42(43(60)9-8-19-52)58-50(63)32(2)26-45(48)62/h10-17,27,29,31-32,37,42,48H,5-9,18,20-26,28,30,53-55H2,1-4H3,(H,58,63)/t32-,37-,42+,48+/m1/s1. The molecule has 4 aromatic rings. The van der Waals surface area contributed by atoms with Crippen LogP contribution in [-0.4, -0.2) is 96.6 Å². The summed E-state index contributed by atoms with van der Waals surface area (Å²) in [5.74, 6) is -2.05. The number of rotatable bonds is 22. The van der Waals surface area contributed by atoms with E-state index in [1.54, 1.807) is 44.2 Å². The van der Waals surface area contributed by atoms with Crippen LogP contribution in [0.25, 0.3) is 22.5 Å². The normalized spacial score (nSPS) is 16.5. The monoisotopic (exact) mass is 916 g/mol. The second kappa shape index (κ2) is 25.4. The molecular formula is C51H64N8O8. The lowest BCUT2D eigenvalue weighted by Gasteiger charge is -2.32. The zero-order valence-corrected chi connectivity index (χ0v) is 39.1. The molecule has 2 heterocycles. The van der Waals surface area contributed by atoms with Gasteiger partial charge in [-0.25, -0.2) is 9.97 Å². The summed E-state index contributed by atoms with van der Waals surface area (Å²) >= 11 is 0. The van der Waals surface area contributed by atoms with Gasteiger partial charge >= 0.3 is 0 Å². The molecule has 0 saturated heterocycles. The lowest BCUT2D eigenvalue weighted by Crippen LogP contribution is -2.46. The molecule has 1 aliphatic rings. The first-order valence-electron chi connectivity index (χ1n) is 23.1. The van der Waals surface area contributed by atoms with Crippen molar-refractivity contribution >= 4 is 29.2 Å². The number of ketones is 3. The molecule has 3 aromatic carbocycles. The van der Waals surface area contributed by atoms with Crippen molar-refractivity contribution in [2.45, 2.75) is 90.6 Å². The maximum atomic E-state index is 14.8. The topological polar surface area (TPSA) is 256 Å². The largest absolute Gasteiger partial charge is 0.494 e. The number of fused-ring (bicyclic) bond motifs is 5. The van der Waals surface area contributed by atoms with E-state index in [1.807, 2.05) is 36.4 Å². The summed E-state index contributed by atoms with van der Waals surface area (Å²) < 4.78 is 18.1. The maximum Gasteiger partial charge on any atom is 0.226 e. The predicted molar refractivity (Wildman–Crippen MR) is 254 cm³/mol. The zero-order chi connectivity index (χ0) is 48.5. The second-order valence-electron chi connectivity index (χ2n) is 16.8. The molecule has 0 spiro atoms. The van der Waals surface area contributed by atoms with Gasteiger partial charge in [0.1, 0.15) is 36.5 Å². The number of ether oxygens (including phenoxy) is 3. The number of hydrogen-bond acceptors (Lipinski definition) is 14. The number of benzene rings is 3. The molecule has 7 N–H and O–H groups in total. The number of aromatic nitrogens is 2. The van der Waals surface area contributed by atoms with Crippen LogP contribution in [0.15, 0.2) is 66.9 Å². The summed E-state index contributed by atoms with van der Waals surface area (Å²) in [6, 6.07) is 17.7. The molecule has 0 radical (unpaired) electrons. The van der Waals surface area contributed by atoms with Gasteiger partial charge in [-0.15, -0.1) is 0 Å². The van der Waals surface area contributed by atoms with E-state index in [9.17, 15) is 29.2 Å². The predicted octanol–water partition coefficient (Wildman–Crippen LogP) is 5.61. The molecular weight excluding hydrogens is 853 g/mol. The van der Waals surface area contributed by atoms with E-state index in [-0.39, 0.29) is 88.5 Å². The number of hydrogen-bond donors (Lipinski definition) is 4. The molecule has 1 aliphatic heterocycles. The fourth-order valence-corrected chi connectivity index (χ4v) is 8.10. The molecule has 5 rings (SSSR count). The molecule has 0 saturated carbocycles. The van der Waals surface area contributed by atoms with Crippen molar-refractivity contribution in [1.29, 1.82) is 5.26 Å². The molecule has 67 heavy (non-hydrogen) atoms. The Morgan fingerprint density at radius 1 is 0.896 bits per heavy atom. The highest BCUT2D eigenvalue weighted by Gasteiger charge is 2.36. The first kappa shape index (κ1) is 51.4. The smallest absolute Gasteiger partial charge is 0.226 e. The Labute approximate surface area is 392 Å². The second-order valence-corrected chi connectivity index (χ2v) is 16.8. The molecule has 0 unspecified atom stereocenters. The Balaban J connectivity index is 1.51. The number of nitriles is 1. The van der Waals surface area contributed by atoms with E-state index in [4.69, 9.17) is 31.4 Å². The summed E-state index contributed by atoms with van der Waals surface area (Å²) in [6.07, 6.45) is 4.22. The van der Waals surface area contributed by atoms with Crippen molar-refractivity contribution in [3.63, 3.8) is 0 Å². The Hall–Kier alpha value is -6.54. The molecule has 356 valence electrons. The lowest BCUT2D eigenvalue weighted by atomic mass is 9.88. The van der Waals surface area contributed by atoms with Crippen molar-refractivity contribution in [2.24, 2.45) is 29.0 Å². The summed E-state index contributed by atoms with van der Waals surface area (Å²) in [5.41, 5.74) is 21.3. The van der Waals surface area contributed by atoms with Gasteiger partial charge in [0, 0.05) is 80.5 Å².